The van der Waals surface area contributed by atoms with Gasteiger partial charge in [0.1, 0.15) is 13.2 Å². The van der Waals surface area contributed by atoms with Gasteiger partial charge in [-0.3, -0.25) is 0 Å². The molecular formula is C12H16ClNO2. The molecule has 1 unspecified atom stereocenters. The monoisotopic (exact) mass is 241 g/mol. The van der Waals surface area contributed by atoms with Crippen molar-refractivity contribution in [2.45, 2.75) is 26.3 Å². The predicted molar refractivity (Wildman–Crippen MR) is 64.4 cm³/mol. The van der Waals surface area contributed by atoms with Gasteiger partial charge in [0.05, 0.1) is 5.02 Å². The van der Waals surface area contributed by atoms with Crippen molar-refractivity contribution in [3.8, 4) is 11.5 Å². The van der Waals surface area contributed by atoms with E-state index in [1.54, 1.807) is 0 Å². The van der Waals surface area contributed by atoms with E-state index in [2.05, 4.69) is 6.92 Å². The molecule has 2 N–H and O–H groups in total. The molecule has 1 aromatic carbocycles. The highest BCUT2D eigenvalue weighted by Gasteiger charge is 2.22. The zero-order valence-corrected chi connectivity index (χ0v) is 10.3. The van der Waals surface area contributed by atoms with E-state index in [0.717, 1.165) is 17.5 Å². The van der Waals surface area contributed by atoms with Crippen molar-refractivity contribution < 1.29 is 9.47 Å². The molecule has 0 radical (unpaired) electrons. The molecule has 0 aromatic heterocycles. The highest BCUT2D eigenvalue weighted by Crippen LogP contribution is 2.42. The Balaban J connectivity index is 2.59. The zero-order chi connectivity index (χ0) is 11.7. The fourth-order valence-corrected chi connectivity index (χ4v) is 2.36. The molecule has 0 spiro atoms. The minimum Gasteiger partial charge on any atom is -0.486 e. The molecule has 16 heavy (non-hydrogen) atoms. The fraction of sp³-hybridized carbons (Fsp3) is 0.500. The number of ether oxygens (including phenoxy) is 2. The van der Waals surface area contributed by atoms with Gasteiger partial charge in [-0.1, -0.05) is 18.5 Å². The summed E-state index contributed by atoms with van der Waals surface area (Å²) in [6, 6.07) is 1.90. The number of hydrogen-bond donors (Lipinski definition) is 1. The largest absolute Gasteiger partial charge is 0.486 e. The summed E-state index contributed by atoms with van der Waals surface area (Å²) in [5.41, 5.74) is 8.03. The van der Waals surface area contributed by atoms with Crippen LogP contribution in [0.5, 0.6) is 11.5 Å². The van der Waals surface area contributed by atoms with E-state index in [1.165, 1.54) is 0 Å². The van der Waals surface area contributed by atoms with Crippen molar-refractivity contribution in [3.63, 3.8) is 0 Å². The van der Waals surface area contributed by atoms with Gasteiger partial charge in [-0.05, 0) is 30.5 Å². The molecule has 1 aliphatic rings. The van der Waals surface area contributed by atoms with Crippen LogP contribution in [0.2, 0.25) is 5.02 Å². The van der Waals surface area contributed by atoms with Crippen LogP contribution < -0.4 is 15.2 Å². The lowest BCUT2D eigenvalue weighted by atomic mass is 9.98. The highest BCUT2D eigenvalue weighted by molar-refractivity contribution is 6.33. The van der Waals surface area contributed by atoms with E-state index in [4.69, 9.17) is 26.8 Å². The minimum absolute atomic E-state index is 0.0525. The molecular weight excluding hydrogens is 226 g/mol. The Labute approximate surface area is 100 Å². The summed E-state index contributed by atoms with van der Waals surface area (Å²) in [7, 11) is 0. The van der Waals surface area contributed by atoms with Crippen LogP contribution in [0.15, 0.2) is 6.07 Å². The Morgan fingerprint density at radius 3 is 2.75 bits per heavy atom. The van der Waals surface area contributed by atoms with E-state index in [-0.39, 0.29) is 6.04 Å². The number of hydrogen-bond acceptors (Lipinski definition) is 3. The van der Waals surface area contributed by atoms with Gasteiger partial charge in [0.15, 0.2) is 11.5 Å². The van der Waals surface area contributed by atoms with Crippen LogP contribution in [0.1, 0.15) is 31.0 Å². The summed E-state index contributed by atoms with van der Waals surface area (Å²) in [4.78, 5) is 0. The Kier molecular flexibility index (Phi) is 3.26. The lowest BCUT2D eigenvalue weighted by Gasteiger charge is -2.23. The third kappa shape index (κ3) is 1.85. The van der Waals surface area contributed by atoms with Crippen molar-refractivity contribution in [2.75, 3.05) is 13.2 Å². The number of nitrogens with two attached hydrogens (primary N) is 1. The number of rotatable bonds is 2. The van der Waals surface area contributed by atoms with Crippen molar-refractivity contribution in [3.05, 3.63) is 22.2 Å². The first-order chi connectivity index (χ1) is 7.65. The number of halogens is 1. The standard InChI is InChI=1S/C12H16ClNO2/c1-3-8-9(7(2)14)6-10-12(11(8)13)16-5-4-15-10/h6-7H,3-5,14H2,1-2H3. The highest BCUT2D eigenvalue weighted by atomic mass is 35.5. The maximum Gasteiger partial charge on any atom is 0.180 e. The molecule has 0 saturated carbocycles. The molecule has 1 atom stereocenters. The van der Waals surface area contributed by atoms with Gasteiger partial charge < -0.3 is 15.2 Å². The summed E-state index contributed by atoms with van der Waals surface area (Å²) in [5.74, 6) is 1.37. The Bertz CT molecular complexity index is 404. The second-order valence-electron chi connectivity index (χ2n) is 3.92. The molecule has 0 amide bonds. The molecule has 0 bridgehead atoms. The molecule has 0 saturated heterocycles. The summed E-state index contributed by atoms with van der Waals surface area (Å²) in [6.07, 6.45) is 0.840. The third-order valence-electron chi connectivity index (χ3n) is 2.75. The molecule has 0 fully saturated rings. The first-order valence-electron chi connectivity index (χ1n) is 5.51. The van der Waals surface area contributed by atoms with Crippen LogP contribution in [0.4, 0.5) is 0 Å². The number of fused-ring (bicyclic) bond motifs is 1. The van der Waals surface area contributed by atoms with Crippen LogP contribution in [0.25, 0.3) is 0 Å². The Hall–Kier alpha value is -0.930. The number of benzene rings is 1. The Morgan fingerprint density at radius 1 is 1.44 bits per heavy atom. The van der Waals surface area contributed by atoms with Gasteiger partial charge in [-0.2, -0.15) is 0 Å². The SMILES string of the molecule is CCc1c(C(C)N)cc2c(c1Cl)OCCO2. The lowest BCUT2D eigenvalue weighted by molar-refractivity contribution is 0.171. The summed E-state index contributed by atoms with van der Waals surface area (Å²) in [6.45, 7) is 5.12. The van der Waals surface area contributed by atoms with Gasteiger partial charge in [0, 0.05) is 6.04 Å². The Morgan fingerprint density at radius 2 is 2.12 bits per heavy atom. The third-order valence-corrected chi connectivity index (χ3v) is 3.15. The topological polar surface area (TPSA) is 44.5 Å². The molecule has 1 aliphatic heterocycles. The molecule has 88 valence electrons. The maximum absolute atomic E-state index is 6.32. The summed E-state index contributed by atoms with van der Waals surface area (Å²) in [5, 5.41) is 0.645. The summed E-state index contributed by atoms with van der Waals surface area (Å²) < 4.78 is 11.1. The molecule has 3 nitrogen and oxygen atoms in total. The van der Waals surface area contributed by atoms with Crippen LogP contribution in [-0.4, -0.2) is 13.2 Å². The van der Waals surface area contributed by atoms with E-state index < -0.39 is 0 Å². The second kappa shape index (κ2) is 4.52. The first kappa shape index (κ1) is 11.6. The fourth-order valence-electron chi connectivity index (χ4n) is 1.97. The molecule has 1 heterocycles. The quantitative estimate of drug-likeness (QED) is 0.866. The second-order valence-corrected chi connectivity index (χ2v) is 4.30. The van der Waals surface area contributed by atoms with E-state index in [1.807, 2.05) is 13.0 Å². The van der Waals surface area contributed by atoms with Gasteiger partial charge >= 0.3 is 0 Å². The van der Waals surface area contributed by atoms with E-state index in [9.17, 15) is 0 Å². The molecule has 4 heteroatoms. The molecule has 1 aromatic rings. The van der Waals surface area contributed by atoms with E-state index in [0.29, 0.717) is 29.7 Å². The van der Waals surface area contributed by atoms with E-state index >= 15 is 0 Å². The van der Waals surface area contributed by atoms with Crippen molar-refractivity contribution in [1.29, 1.82) is 0 Å². The minimum atomic E-state index is -0.0525. The van der Waals surface area contributed by atoms with Crippen LogP contribution in [0.3, 0.4) is 0 Å². The molecule has 2 rings (SSSR count). The average molecular weight is 242 g/mol. The maximum atomic E-state index is 6.32. The summed E-state index contributed by atoms with van der Waals surface area (Å²) >= 11 is 6.32. The van der Waals surface area contributed by atoms with Gasteiger partial charge in [0.25, 0.3) is 0 Å². The van der Waals surface area contributed by atoms with Crippen molar-refractivity contribution in [1.82, 2.24) is 0 Å². The van der Waals surface area contributed by atoms with Crippen LogP contribution in [0, 0.1) is 0 Å². The zero-order valence-electron chi connectivity index (χ0n) is 9.55. The van der Waals surface area contributed by atoms with Crippen molar-refractivity contribution in [2.24, 2.45) is 5.73 Å². The molecule has 0 aliphatic carbocycles. The normalized spacial score (nSPS) is 16.0. The van der Waals surface area contributed by atoms with Gasteiger partial charge in [0.2, 0.25) is 0 Å². The van der Waals surface area contributed by atoms with Gasteiger partial charge in [-0.15, -0.1) is 0 Å². The van der Waals surface area contributed by atoms with Crippen LogP contribution >= 0.6 is 11.6 Å². The van der Waals surface area contributed by atoms with Gasteiger partial charge in [-0.25, -0.2) is 0 Å². The lowest BCUT2D eigenvalue weighted by Crippen LogP contribution is -2.18. The smallest absolute Gasteiger partial charge is 0.180 e. The van der Waals surface area contributed by atoms with Crippen LogP contribution in [-0.2, 0) is 6.42 Å². The first-order valence-corrected chi connectivity index (χ1v) is 5.89. The predicted octanol–water partition coefficient (Wildman–Crippen LogP) is 2.69. The average Bonchev–Trinajstić information content (AvgIpc) is 2.29. The van der Waals surface area contributed by atoms with Crippen molar-refractivity contribution >= 4 is 11.6 Å².